The quantitative estimate of drug-likeness (QED) is 0.689. The molecule has 1 fully saturated rings. The van der Waals surface area contributed by atoms with Crippen molar-refractivity contribution in [1.29, 1.82) is 0 Å². The molecule has 1 aliphatic rings. The van der Waals surface area contributed by atoms with Crippen LogP contribution in [0.3, 0.4) is 0 Å². The van der Waals surface area contributed by atoms with E-state index in [2.05, 4.69) is 30.8 Å². The third-order valence-electron chi connectivity index (χ3n) is 2.86. The zero-order valence-corrected chi connectivity index (χ0v) is 9.21. The van der Waals surface area contributed by atoms with Gasteiger partial charge in [-0.15, -0.1) is 0 Å². The Morgan fingerprint density at radius 3 is 2.31 bits per heavy atom. The van der Waals surface area contributed by atoms with E-state index in [1.807, 2.05) is 0 Å². The van der Waals surface area contributed by atoms with Crippen LogP contribution in [0, 0.1) is 0 Å². The molecule has 78 valence electrons. The number of likely N-dealkylation sites (N-methyl/N-ethyl adjacent to an activating group) is 1. The maximum Gasteiger partial charge on any atom is 0.0150 e. The molecule has 0 amide bonds. The number of nitrogens with zero attached hydrogens (tertiary/aromatic N) is 2. The summed E-state index contributed by atoms with van der Waals surface area (Å²) in [6.07, 6.45) is 2.28. The van der Waals surface area contributed by atoms with Crippen LogP contribution in [0.2, 0.25) is 0 Å². The molecular formula is C10H23N3. The van der Waals surface area contributed by atoms with Gasteiger partial charge < -0.3 is 15.5 Å². The summed E-state index contributed by atoms with van der Waals surface area (Å²) in [5.41, 5.74) is 6.15. The first-order valence-electron chi connectivity index (χ1n) is 5.16. The van der Waals surface area contributed by atoms with E-state index >= 15 is 0 Å². The standard InChI is InChI=1S/C10H23N3/c1-10(11)4-6-13(7-5-10)9-8-12(2)3/h4-9,11H2,1-3H3. The number of hydrogen-bond donors (Lipinski definition) is 1. The van der Waals surface area contributed by atoms with Gasteiger partial charge in [0.05, 0.1) is 0 Å². The molecule has 2 N–H and O–H groups in total. The molecular weight excluding hydrogens is 162 g/mol. The van der Waals surface area contributed by atoms with E-state index < -0.39 is 0 Å². The van der Waals surface area contributed by atoms with Crippen LogP contribution in [0.25, 0.3) is 0 Å². The second-order valence-corrected chi connectivity index (χ2v) is 4.80. The molecule has 0 saturated carbocycles. The summed E-state index contributed by atoms with van der Waals surface area (Å²) in [5, 5.41) is 0. The van der Waals surface area contributed by atoms with Crippen molar-refractivity contribution in [2.24, 2.45) is 5.73 Å². The molecule has 0 aliphatic carbocycles. The fraction of sp³-hybridized carbons (Fsp3) is 1.00. The Morgan fingerprint density at radius 1 is 1.31 bits per heavy atom. The Balaban J connectivity index is 2.18. The van der Waals surface area contributed by atoms with Crippen LogP contribution in [0.1, 0.15) is 19.8 Å². The van der Waals surface area contributed by atoms with Crippen LogP contribution < -0.4 is 5.73 Å². The van der Waals surface area contributed by atoms with Gasteiger partial charge >= 0.3 is 0 Å². The topological polar surface area (TPSA) is 32.5 Å². The minimum absolute atomic E-state index is 0.0919. The molecule has 1 saturated heterocycles. The van der Waals surface area contributed by atoms with Gasteiger partial charge in [-0.25, -0.2) is 0 Å². The molecule has 1 heterocycles. The highest BCUT2D eigenvalue weighted by Crippen LogP contribution is 2.17. The summed E-state index contributed by atoms with van der Waals surface area (Å²) in [5.74, 6) is 0. The Bertz CT molecular complexity index is 141. The summed E-state index contributed by atoms with van der Waals surface area (Å²) in [7, 11) is 4.24. The highest BCUT2D eigenvalue weighted by atomic mass is 15.2. The van der Waals surface area contributed by atoms with Gasteiger partial charge in [0.15, 0.2) is 0 Å². The first-order chi connectivity index (χ1) is 5.99. The molecule has 13 heavy (non-hydrogen) atoms. The van der Waals surface area contributed by atoms with E-state index in [1.54, 1.807) is 0 Å². The molecule has 0 spiro atoms. The third-order valence-corrected chi connectivity index (χ3v) is 2.86. The first kappa shape index (κ1) is 11.0. The minimum Gasteiger partial charge on any atom is -0.325 e. The van der Waals surface area contributed by atoms with E-state index in [9.17, 15) is 0 Å². The van der Waals surface area contributed by atoms with E-state index in [1.165, 1.54) is 19.6 Å². The molecule has 1 aliphatic heterocycles. The lowest BCUT2D eigenvalue weighted by molar-refractivity contribution is 0.160. The summed E-state index contributed by atoms with van der Waals surface area (Å²) in [4.78, 5) is 4.74. The molecule has 0 bridgehead atoms. The first-order valence-corrected chi connectivity index (χ1v) is 5.16. The molecule has 0 aromatic carbocycles. The van der Waals surface area contributed by atoms with Crippen molar-refractivity contribution in [3.63, 3.8) is 0 Å². The predicted molar refractivity (Wildman–Crippen MR) is 56.8 cm³/mol. The van der Waals surface area contributed by atoms with Crippen LogP contribution in [0.4, 0.5) is 0 Å². The smallest absolute Gasteiger partial charge is 0.0150 e. The van der Waals surface area contributed by atoms with Gasteiger partial charge in [0.2, 0.25) is 0 Å². The average molecular weight is 185 g/mol. The van der Waals surface area contributed by atoms with E-state index in [0.29, 0.717) is 0 Å². The molecule has 3 heteroatoms. The number of hydrogen-bond acceptors (Lipinski definition) is 3. The zero-order chi connectivity index (χ0) is 9.90. The van der Waals surface area contributed by atoms with Crippen LogP contribution in [-0.4, -0.2) is 55.6 Å². The van der Waals surface area contributed by atoms with Crippen molar-refractivity contribution in [2.45, 2.75) is 25.3 Å². The highest BCUT2D eigenvalue weighted by molar-refractivity contribution is 4.85. The molecule has 0 radical (unpaired) electrons. The average Bonchev–Trinajstić information content (AvgIpc) is 2.02. The zero-order valence-electron chi connectivity index (χ0n) is 9.21. The van der Waals surface area contributed by atoms with Crippen molar-refractivity contribution in [1.82, 2.24) is 9.80 Å². The lowest BCUT2D eigenvalue weighted by Gasteiger charge is -2.37. The van der Waals surface area contributed by atoms with Crippen molar-refractivity contribution >= 4 is 0 Å². The fourth-order valence-electron chi connectivity index (χ4n) is 1.63. The van der Waals surface area contributed by atoms with Crippen LogP contribution in [0.5, 0.6) is 0 Å². The normalized spacial score (nSPS) is 23.8. The molecule has 1 rings (SSSR count). The molecule has 3 nitrogen and oxygen atoms in total. The van der Waals surface area contributed by atoms with Gasteiger partial charge in [0.25, 0.3) is 0 Å². The Kier molecular flexibility index (Phi) is 3.71. The second-order valence-electron chi connectivity index (χ2n) is 4.80. The summed E-state index contributed by atoms with van der Waals surface area (Å²) < 4.78 is 0. The summed E-state index contributed by atoms with van der Waals surface area (Å²) >= 11 is 0. The van der Waals surface area contributed by atoms with E-state index in [4.69, 9.17) is 5.73 Å². The van der Waals surface area contributed by atoms with E-state index in [-0.39, 0.29) is 5.54 Å². The maximum absolute atomic E-state index is 6.06. The fourth-order valence-corrected chi connectivity index (χ4v) is 1.63. The SMILES string of the molecule is CN(C)CCN1CCC(C)(N)CC1. The van der Waals surface area contributed by atoms with Gasteiger partial charge in [-0.05, 0) is 47.0 Å². The van der Waals surface area contributed by atoms with Gasteiger partial charge in [-0.2, -0.15) is 0 Å². The minimum atomic E-state index is 0.0919. The number of nitrogens with two attached hydrogens (primary N) is 1. The highest BCUT2D eigenvalue weighted by Gasteiger charge is 2.25. The second kappa shape index (κ2) is 4.40. The Hall–Kier alpha value is -0.120. The number of likely N-dealkylation sites (tertiary alicyclic amines) is 1. The maximum atomic E-state index is 6.06. The van der Waals surface area contributed by atoms with Gasteiger partial charge in [0, 0.05) is 18.6 Å². The van der Waals surface area contributed by atoms with Gasteiger partial charge in [-0.1, -0.05) is 0 Å². The number of rotatable bonds is 3. The van der Waals surface area contributed by atoms with Crippen LogP contribution >= 0.6 is 0 Å². The van der Waals surface area contributed by atoms with Crippen molar-refractivity contribution in [2.75, 3.05) is 40.3 Å². The third kappa shape index (κ3) is 4.07. The monoisotopic (exact) mass is 185 g/mol. The van der Waals surface area contributed by atoms with Gasteiger partial charge in [0.1, 0.15) is 0 Å². The van der Waals surface area contributed by atoms with Crippen molar-refractivity contribution in [3.8, 4) is 0 Å². The lowest BCUT2D eigenvalue weighted by atomic mass is 9.91. The predicted octanol–water partition coefficient (Wildman–Crippen LogP) is 0.361. The van der Waals surface area contributed by atoms with Crippen molar-refractivity contribution < 1.29 is 0 Å². The molecule has 0 aromatic rings. The van der Waals surface area contributed by atoms with Gasteiger partial charge in [-0.3, -0.25) is 0 Å². The molecule has 0 aromatic heterocycles. The summed E-state index contributed by atoms with van der Waals surface area (Å²) in [6.45, 7) is 6.84. The number of piperidine rings is 1. The van der Waals surface area contributed by atoms with Crippen LogP contribution in [0.15, 0.2) is 0 Å². The largest absolute Gasteiger partial charge is 0.325 e. The Morgan fingerprint density at radius 2 is 1.85 bits per heavy atom. The summed E-state index contributed by atoms with van der Waals surface area (Å²) in [6, 6.07) is 0. The van der Waals surface area contributed by atoms with Crippen LogP contribution in [-0.2, 0) is 0 Å². The van der Waals surface area contributed by atoms with E-state index in [0.717, 1.165) is 19.4 Å². The van der Waals surface area contributed by atoms with Crippen molar-refractivity contribution in [3.05, 3.63) is 0 Å². The Labute approximate surface area is 81.9 Å². The molecule has 0 atom stereocenters. The molecule has 0 unspecified atom stereocenters. The lowest BCUT2D eigenvalue weighted by Crippen LogP contribution is -2.49.